The van der Waals surface area contributed by atoms with Crippen LogP contribution in [-0.2, 0) is 16.3 Å². The number of nitrogens with one attached hydrogen (secondary N) is 1. The fraction of sp³-hybridized carbons (Fsp3) is 0.333. The molecule has 16 heavy (non-hydrogen) atoms. The van der Waals surface area contributed by atoms with Crippen LogP contribution in [0.5, 0.6) is 0 Å². The zero-order valence-electron chi connectivity index (χ0n) is 8.77. The molecule has 1 rings (SSSR count). The van der Waals surface area contributed by atoms with Crippen molar-refractivity contribution in [1.29, 1.82) is 5.26 Å². The third kappa shape index (κ3) is 2.48. The number of nitriles is 1. The first-order valence-electron chi connectivity index (χ1n) is 4.60. The fourth-order valence-corrected chi connectivity index (χ4v) is 2.22. The minimum absolute atomic E-state index is 0.0326. The van der Waals surface area contributed by atoms with Crippen LogP contribution in [0, 0.1) is 11.3 Å². The van der Waals surface area contributed by atoms with E-state index >= 15 is 0 Å². The highest BCUT2D eigenvalue weighted by Gasteiger charge is 2.18. The summed E-state index contributed by atoms with van der Waals surface area (Å²) in [6, 6.07) is 3.35. The molecule has 0 saturated carbocycles. The van der Waals surface area contributed by atoms with Gasteiger partial charge in [-0.25, -0.2) is 19.2 Å². The smallest absolute Gasteiger partial charge is 0.181 e. The highest BCUT2D eigenvalue weighted by molar-refractivity contribution is 7.91. The first-order chi connectivity index (χ1) is 7.55. The molecule has 0 aliphatic heterocycles. The molecule has 0 fully saturated rings. The van der Waals surface area contributed by atoms with Crippen molar-refractivity contribution in [3.05, 3.63) is 17.8 Å². The molecule has 0 aliphatic carbocycles. The lowest BCUT2D eigenvalue weighted by Gasteiger charge is -2.08. The van der Waals surface area contributed by atoms with E-state index in [1.165, 1.54) is 19.2 Å². The minimum atomic E-state index is -3.40. The van der Waals surface area contributed by atoms with Gasteiger partial charge in [0, 0.05) is 6.20 Å². The summed E-state index contributed by atoms with van der Waals surface area (Å²) in [4.78, 5) is 3.90. The summed E-state index contributed by atoms with van der Waals surface area (Å²) in [5.41, 5.74) is 2.78. The predicted octanol–water partition coefficient (Wildman–Crippen LogP) is 0.227. The van der Waals surface area contributed by atoms with Gasteiger partial charge in [-0.2, -0.15) is 5.26 Å². The van der Waals surface area contributed by atoms with Gasteiger partial charge in [0.1, 0.15) is 4.90 Å². The normalized spacial score (nSPS) is 10.8. The minimum Gasteiger partial charge on any atom is -0.307 e. The van der Waals surface area contributed by atoms with E-state index in [9.17, 15) is 8.42 Å². The lowest BCUT2D eigenvalue weighted by atomic mass is 10.2. The summed E-state index contributed by atoms with van der Waals surface area (Å²) in [7, 11) is -3.40. The summed E-state index contributed by atoms with van der Waals surface area (Å²) >= 11 is 0. The molecule has 0 unspecified atom stereocenters. The van der Waals surface area contributed by atoms with Gasteiger partial charge in [0.15, 0.2) is 15.7 Å². The van der Waals surface area contributed by atoms with Crippen LogP contribution in [0.3, 0.4) is 0 Å². The van der Waals surface area contributed by atoms with Crippen LogP contribution in [0.1, 0.15) is 12.5 Å². The second kappa shape index (κ2) is 4.92. The molecule has 1 heterocycles. The maximum absolute atomic E-state index is 11.7. The Morgan fingerprint density at radius 1 is 1.62 bits per heavy atom. The Balaban J connectivity index is 3.34. The van der Waals surface area contributed by atoms with Crippen LogP contribution >= 0.6 is 0 Å². The number of nitrogen functional groups attached to an aromatic ring is 1. The average Bonchev–Trinajstić information content (AvgIpc) is 2.29. The lowest BCUT2D eigenvalue weighted by molar-refractivity contribution is 0.597. The van der Waals surface area contributed by atoms with Gasteiger partial charge in [0.05, 0.1) is 18.2 Å². The van der Waals surface area contributed by atoms with Crippen LogP contribution in [-0.4, -0.2) is 19.2 Å². The maximum atomic E-state index is 11.7. The Kier molecular flexibility index (Phi) is 3.82. The van der Waals surface area contributed by atoms with E-state index in [2.05, 4.69) is 10.4 Å². The SMILES string of the molecule is CCS(=O)(=O)c1cc(CC#N)cnc1NN. The number of pyridine rings is 1. The average molecular weight is 240 g/mol. The molecular weight excluding hydrogens is 228 g/mol. The van der Waals surface area contributed by atoms with Crippen molar-refractivity contribution >= 4 is 15.7 Å². The molecule has 1 aromatic rings. The molecule has 0 spiro atoms. The van der Waals surface area contributed by atoms with E-state index in [4.69, 9.17) is 11.1 Å². The molecule has 0 saturated heterocycles. The predicted molar refractivity (Wildman–Crippen MR) is 59.1 cm³/mol. The van der Waals surface area contributed by atoms with Crippen LogP contribution < -0.4 is 11.3 Å². The molecule has 0 atom stereocenters. The zero-order valence-corrected chi connectivity index (χ0v) is 9.58. The third-order valence-corrected chi connectivity index (χ3v) is 3.79. The molecule has 0 amide bonds. The Morgan fingerprint density at radius 2 is 2.31 bits per heavy atom. The molecule has 0 radical (unpaired) electrons. The van der Waals surface area contributed by atoms with Crippen LogP contribution in [0.25, 0.3) is 0 Å². The van der Waals surface area contributed by atoms with Gasteiger partial charge in [-0.3, -0.25) is 0 Å². The molecule has 86 valence electrons. The zero-order chi connectivity index (χ0) is 12.2. The number of aromatic nitrogens is 1. The first kappa shape index (κ1) is 12.4. The van der Waals surface area contributed by atoms with Crippen molar-refractivity contribution in [3.8, 4) is 6.07 Å². The maximum Gasteiger partial charge on any atom is 0.181 e. The Hall–Kier alpha value is -1.65. The van der Waals surface area contributed by atoms with Gasteiger partial charge >= 0.3 is 0 Å². The topological polar surface area (TPSA) is 109 Å². The summed E-state index contributed by atoms with van der Waals surface area (Å²) in [6.07, 6.45) is 1.54. The summed E-state index contributed by atoms with van der Waals surface area (Å²) in [5, 5.41) is 8.53. The van der Waals surface area contributed by atoms with Crippen molar-refractivity contribution in [2.75, 3.05) is 11.2 Å². The standard InChI is InChI=1S/C9H12N4O2S/c1-2-16(14,15)8-5-7(3-4-10)6-12-9(8)13-11/h5-6H,2-3,11H2,1H3,(H,12,13). The largest absolute Gasteiger partial charge is 0.307 e. The number of nitrogens with two attached hydrogens (primary N) is 1. The number of nitrogens with zero attached hydrogens (tertiary/aromatic N) is 2. The first-order valence-corrected chi connectivity index (χ1v) is 6.25. The Morgan fingerprint density at radius 3 is 2.81 bits per heavy atom. The van der Waals surface area contributed by atoms with Crippen LogP contribution in [0.4, 0.5) is 5.82 Å². The van der Waals surface area contributed by atoms with Crippen molar-refractivity contribution in [2.45, 2.75) is 18.2 Å². The highest BCUT2D eigenvalue weighted by atomic mass is 32.2. The number of hydrazine groups is 1. The molecular formula is C9H12N4O2S. The van der Waals surface area contributed by atoms with E-state index in [0.29, 0.717) is 5.56 Å². The second-order valence-electron chi connectivity index (χ2n) is 3.07. The summed E-state index contributed by atoms with van der Waals surface area (Å²) in [6.45, 7) is 1.53. The van der Waals surface area contributed by atoms with Gasteiger partial charge in [-0.15, -0.1) is 0 Å². The van der Waals surface area contributed by atoms with E-state index in [1.807, 2.05) is 6.07 Å². The molecule has 7 heteroatoms. The number of hydrogen-bond donors (Lipinski definition) is 2. The lowest BCUT2D eigenvalue weighted by Crippen LogP contribution is -2.15. The number of sulfone groups is 1. The third-order valence-electron chi connectivity index (χ3n) is 2.04. The molecule has 1 aromatic heterocycles. The second-order valence-corrected chi connectivity index (χ2v) is 5.32. The van der Waals surface area contributed by atoms with Crippen LogP contribution in [0.2, 0.25) is 0 Å². The monoisotopic (exact) mass is 240 g/mol. The Bertz CT molecular complexity index is 519. The molecule has 0 bridgehead atoms. The van der Waals surface area contributed by atoms with Gasteiger partial charge in [-0.1, -0.05) is 6.92 Å². The quantitative estimate of drug-likeness (QED) is 0.576. The van der Waals surface area contributed by atoms with E-state index in [0.717, 1.165) is 0 Å². The summed E-state index contributed by atoms with van der Waals surface area (Å²) in [5.74, 6) is 5.24. The number of anilines is 1. The molecule has 3 N–H and O–H groups in total. The Labute approximate surface area is 94.0 Å². The highest BCUT2D eigenvalue weighted by Crippen LogP contribution is 2.20. The van der Waals surface area contributed by atoms with Crippen molar-refractivity contribution in [2.24, 2.45) is 5.84 Å². The van der Waals surface area contributed by atoms with Crippen molar-refractivity contribution in [3.63, 3.8) is 0 Å². The van der Waals surface area contributed by atoms with Gasteiger partial charge in [0.25, 0.3) is 0 Å². The molecule has 0 aromatic carbocycles. The van der Waals surface area contributed by atoms with E-state index < -0.39 is 9.84 Å². The van der Waals surface area contributed by atoms with E-state index in [-0.39, 0.29) is 22.9 Å². The number of hydrogen-bond acceptors (Lipinski definition) is 6. The summed E-state index contributed by atoms with van der Waals surface area (Å²) < 4.78 is 23.4. The van der Waals surface area contributed by atoms with Gasteiger partial charge in [-0.05, 0) is 11.6 Å². The van der Waals surface area contributed by atoms with Gasteiger partial charge < -0.3 is 5.43 Å². The van der Waals surface area contributed by atoms with E-state index in [1.54, 1.807) is 0 Å². The molecule has 6 nitrogen and oxygen atoms in total. The van der Waals surface area contributed by atoms with Crippen LogP contribution in [0.15, 0.2) is 17.2 Å². The fourth-order valence-electron chi connectivity index (χ4n) is 1.17. The molecule has 0 aliphatic rings. The number of rotatable bonds is 4. The van der Waals surface area contributed by atoms with Crippen molar-refractivity contribution in [1.82, 2.24) is 4.98 Å². The van der Waals surface area contributed by atoms with Gasteiger partial charge in [0.2, 0.25) is 0 Å². The van der Waals surface area contributed by atoms with Crippen molar-refractivity contribution < 1.29 is 8.42 Å².